The predicted molar refractivity (Wildman–Crippen MR) is 424 cm³/mol. The average Bonchev–Trinajstić information content (AvgIpc) is 0.926. The molecular weight excluding hydrogens is 1330 g/mol. The first kappa shape index (κ1) is 83.4. The molecule has 2 N–H and O–H groups in total. The third-order valence-corrected chi connectivity index (χ3v) is 22.3. The van der Waals surface area contributed by atoms with Gasteiger partial charge in [0.25, 0.3) is 17.7 Å². The van der Waals surface area contributed by atoms with Gasteiger partial charge in [-0.1, -0.05) is 141 Å². The number of carbonyl (C=O) groups excluding carboxylic acids is 6. The van der Waals surface area contributed by atoms with Gasteiger partial charge in [-0.25, -0.2) is 0 Å². The number of allylic oxidation sites excluding steroid dienone is 2. The largest absolute Gasteiger partial charge is 0.508 e. The van der Waals surface area contributed by atoms with Crippen molar-refractivity contribution in [3.8, 4) is 23.0 Å². The van der Waals surface area contributed by atoms with Crippen molar-refractivity contribution in [2.24, 2.45) is 41.4 Å². The zero-order chi connectivity index (χ0) is 76.4. The van der Waals surface area contributed by atoms with E-state index in [1.165, 1.54) is 31.7 Å². The molecule has 3 heterocycles. The number of esters is 2. The molecule has 10 rings (SSSR count). The molecule has 15 nitrogen and oxygen atoms in total. The van der Waals surface area contributed by atoms with Crippen LogP contribution in [0, 0.1) is 55.3 Å². The van der Waals surface area contributed by atoms with Crippen molar-refractivity contribution in [1.82, 2.24) is 14.7 Å². The lowest BCUT2D eigenvalue weighted by atomic mass is 9.87. The summed E-state index contributed by atoms with van der Waals surface area (Å²) in [7, 11) is 0. The van der Waals surface area contributed by atoms with Gasteiger partial charge in [0.15, 0.2) is 0 Å². The summed E-state index contributed by atoms with van der Waals surface area (Å²) in [5.74, 6) is 3.92. The molecule has 106 heavy (non-hydrogen) atoms. The molecule has 5 fully saturated rings. The van der Waals surface area contributed by atoms with E-state index in [2.05, 4.69) is 40.9 Å². The number of aldehydes is 1. The molecule has 15 heteroatoms. The van der Waals surface area contributed by atoms with Gasteiger partial charge in [0.1, 0.15) is 54.7 Å². The van der Waals surface area contributed by atoms with Gasteiger partial charge in [0, 0.05) is 74.0 Å². The quantitative estimate of drug-likeness (QED) is 0.0327. The van der Waals surface area contributed by atoms with Gasteiger partial charge in [-0.05, 0) is 248 Å². The second-order valence-corrected chi connectivity index (χ2v) is 32.3. The fourth-order valence-electron chi connectivity index (χ4n) is 15.9. The standard InChI is InChI=1S/C37H51NO4.C29H45NO5.C25H29NO3/c1-26(2)22-31(37(40)42-32-16-9-10-17-32)15-11-14-29-18-20-38(21-19-29)36(39)34-24-33(27(3)4)35(23-28(34)5)41-25-30-12-7-6-8-13-30;1-19(2)16-22(29(34)35-23-10-5-6-11-23)9-7-8-21-12-14-30(15-13-21)28(33)25-17-24(20(3)4)26(31)18-27(25)32;1-18(2)22-16-23(25(28)26-12-9-20(10-13-26)11-14-27)19(3)15-24(22)29-17-21-7-5-4-6-8-21/h6-8,12-13,23-24,26,29,31-32H,3,9-11,14-22,25H2,1-2,4-5H3;17-23,31-32H,5-16H2,1-4H3;4-8,14-16,20H,1,9-13,17H2,2-3H3/t31-;22-;/m00./s1. The molecule has 0 aromatic heterocycles. The molecule has 3 saturated heterocycles. The summed E-state index contributed by atoms with van der Waals surface area (Å²) in [6, 6.07) is 30.8. The van der Waals surface area contributed by atoms with Crippen LogP contribution in [-0.2, 0) is 37.1 Å². The van der Waals surface area contributed by atoms with Crippen molar-refractivity contribution >= 4 is 47.1 Å². The summed E-state index contributed by atoms with van der Waals surface area (Å²) in [6.45, 7) is 33.9. The summed E-state index contributed by atoms with van der Waals surface area (Å²) < 4.78 is 23.9. The number of hydrogen-bond donors (Lipinski definition) is 2. The van der Waals surface area contributed by atoms with Crippen LogP contribution in [0.15, 0.2) is 110 Å². The number of aryl methyl sites for hydroxylation is 2. The molecule has 3 aliphatic heterocycles. The molecule has 5 aromatic rings. The number of nitrogens with zero attached hydrogens (tertiary/aromatic N) is 3. The molecule has 0 radical (unpaired) electrons. The van der Waals surface area contributed by atoms with Gasteiger partial charge in [0.2, 0.25) is 0 Å². The first-order chi connectivity index (χ1) is 50.8. The lowest BCUT2D eigenvalue weighted by Gasteiger charge is -2.33. The highest BCUT2D eigenvalue weighted by Gasteiger charge is 2.33. The van der Waals surface area contributed by atoms with E-state index in [9.17, 15) is 39.0 Å². The molecule has 5 aromatic carbocycles. The number of benzene rings is 5. The first-order valence-electron chi connectivity index (χ1n) is 40.1. The number of rotatable bonds is 30. The molecule has 3 amide bonds. The van der Waals surface area contributed by atoms with E-state index < -0.39 is 0 Å². The van der Waals surface area contributed by atoms with Crippen molar-refractivity contribution in [3.05, 3.63) is 166 Å². The Morgan fingerprint density at radius 3 is 1.20 bits per heavy atom. The Morgan fingerprint density at radius 2 is 0.849 bits per heavy atom. The Balaban J connectivity index is 0.000000204. The highest BCUT2D eigenvalue weighted by molar-refractivity contribution is 5.99. The van der Waals surface area contributed by atoms with E-state index in [0.29, 0.717) is 86.5 Å². The van der Waals surface area contributed by atoms with Crippen molar-refractivity contribution in [2.45, 2.75) is 248 Å². The van der Waals surface area contributed by atoms with Crippen LogP contribution in [0.25, 0.3) is 11.1 Å². The second kappa shape index (κ2) is 41.8. The van der Waals surface area contributed by atoms with Crippen molar-refractivity contribution in [3.63, 3.8) is 0 Å². The van der Waals surface area contributed by atoms with Crippen molar-refractivity contribution in [2.75, 3.05) is 39.3 Å². The number of amides is 3. The Kier molecular flexibility index (Phi) is 32.9. The van der Waals surface area contributed by atoms with Crippen LogP contribution in [0.5, 0.6) is 23.0 Å². The summed E-state index contributed by atoms with van der Waals surface area (Å²) in [4.78, 5) is 82.0. The Morgan fingerprint density at radius 1 is 0.481 bits per heavy atom. The van der Waals surface area contributed by atoms with Crippen LogP contribution in [0.4, 0.5) is 0 Å². The number of carbonyl (C=O) groups is 6. The smallest absolute Gasteiger partial charge is 0.309 e. The van der Waals surface area contributed by atoms with Crippen LogP contribution in [0.2, 0.25) is 0 Å². The highest BCUT2D eigenvalue weighted by Crippen LogP contribution is 2.38. The van der Waals surface area contributed by atoms with E-state index in [1.807, 2.05) is 141 Å². The second-order valence-electron chi connectivity index (χ2n) is 32.3. The van der Waals surface area contributed by atoms with Crippen LogP contribution in [-0.4, -0.2) is 112 Å². The first-order valence-corrected chi connectivity index (χ1v) is 40.1. The normalized spacial score (nSPS) is 16.7. The predicted octanol–water partition coefficient (Wildman–Crippen LogP) is 20.2. The van der Waals surface area contributed by atoms with Crippen LogP contribution in [0.3, 0.4) is 0 Å². The topological polar surface area (TPSA) is 190 Å². The summed E-state index contributed by atoms with van der Waals surface area (Å²) >= 11 is 0. The number of likely N-dealkylation sites (tertiary alicyclic amines) is 3. The van der Waals surface area contributed by atoms with E-state index in [0.717, 1.165) is 197 Å². The zero-order valence-electron chi connectivity index (χ0n) is 65.7. The van der Waals surface area contributed by atoms with Crippen LogP contribution < -0.4 is 9.47 Å². The number of hydrogen-bond acceptors (Lipinski definition) is 12. The van der Waals surface area contributed by atoms with Crippen molar-refractivity contribution in [1.29, 1.82) is 0 Å². The summed E-state index contributed by atoms with van der Waals surface area (Å²) in [5.41, 5.74) is 9.89. The fraction of sp³-hybridized carbons (Fsp3) is 0.560. The Labute approximate surface area is 634 Å². The van der Waals surface area contributed by atoms with E-state index in [1.54, 1.807) is 6.07 Å². The van der Waals surface area contributed by atoms with Crippen molar-refractivity contribution < 1.29 is 57.9 Å². The van der Waals surface area contributed by atoms with Gasteiger partial charge in [-0.3, -0.25) is 24.0 Å². The maximum Gasteiger partial charge on any atom is 0.309 e. The highest BCUT2D eigenvalue weighted by atomic mass is 16.5. The molecular formula is C91H125N3O12. The summed E-state index contributed by atoms with van der Waals surface area (Å²) in [5, 5.41) is 20.3. The summed E-state index contributed by atoms with van der Waals surface area (Å²) in [6.07, 6.45) is 24.1. The van der Waals surface area contributed by atoms with Crippen LogP contribution >= 0.6 is 0 Å². The van der Waals surface area contributed by atoms with Gasteiger partial charge in [0.05, 0.1) is 17.4 Å². The number of piperidine rings is 3. The number of phenols is 2. The minimum atomic E-state index is -0.172. The van der Waals surface area contributed by atoms with Gasteiger partial charge < -0.3 is 48.7 Å². The Hall–Kier alpha value is -8.20. The maximum absolute atomic E-state index is 13.6. The molecule has 5 aliphatic rings. The lowest BCUT2D eigenvalue weighted by molar-refractivity contribution is -0.155. The minimum Gasteiger partial charge on any atom is -0.508 e. The maximum atomic E-state index is 13.6. The molecule has 0 spiro atoms. The lowest BCUT2D eigenvalue weighted by Crippen LogP contribution is -2.38. The van der Waals surface area contributed by atoms with E-state index in [-0.39, 0.29) is 76.7 Å². The van der Waals surface area contributed by atoms with Gasteiger partial charge in [-0.2, -0.15) is 0 Å². The third-order valence-electron chi connectivity index (χ3n) is 22.3. The third kappa shape index (κ3) is 25.2. The SMILES string of the molecule is C=C(C)c1cc(C(=O)N2CCC(CC=O)CC2)c(C)cc1OCc1ccccc1.C=C(C)c1cc(C(=O)N2CCC(CCC[C@@H](CC(C)C)C(=O)OC3CCCC3)CC2)c(C)cc1OCc1ccccc1.CC(C)C[C@H](CCCC1CCN(C(=O)c2cc(C(C)C)c(O)cc2O)CC1)C(=O)OC1CCCC1. The Bertz CT molecular complexity index is 3680. The van der Waals surface area contributed by atoms with E-state index >= 15 is 0 Å². The van der Waals surface area contributed by atoms with Gasteiger partial charge >= 0.3 is 11.9 Å². The monoisotopic (exact) mass is 1450 g/mol. The number of aromatic hydroxyl groups is 2. The molecule has 0 bridgehead atoms. The molecule has 2 saturated carbocycles. The average molecular weight is 1450 g/mol. The van der Waals surface area contributed by atoms with Gasteiger partial charge in [-0.15, -0.1) is 0 Å². The molecule has 576 valence electrons. The molecule has 0 unspecified atom stereocenters. The number of phenolic OH excluding ortho intramolecular Hbond substituents is 2. The zero-order valence-corrected chi connectivity index (χ0v) is 65.7. The molecule has 2 aliphatic carbocycles. The fourth-order valence-corrected chi connectivity index (χ4v) is 15.9. The molecule has 2 atom stereocenters. The van der Waals surface area contributed by atoms with Crippen LogP contribution in [0.1, 0.15) is 279 Å². The van der Waals surface area contributed by atoms with E-state index in [4.69, 9.17) is 18.9 Å². The minimum absolute atomic E-state index is 0.000452. The number of ether oxygens (including phenoxy) is 4.